The lowest BCUT2D eigenvalue weighted by molar-refractivity contribution is 1.01. The third kappa shape index (κ3) is 2.64. The summed E-state index contributed by atoms with van der Waals surface area (Å²) in [6, 6.07) is 0. The maximum Gasteiger partial charge on any atom is 0.128 e. The summed E-state index contributed by atoms with van der Waals surface area (Å²) in [6.45, 7) is 9.86. The number of aryl methyl sites for hydroxylation is 3. The molecule has 0 radical (unpaired) electrons. The van der Waals surface area contributed by atoms with Crippen LogP contribution in [-0.4, -0.2) is 15.7 Å². The van der Waals surface area contributed by atoms with Crippen LogP contribution in [-0.2, 0) is 0 Å². The van der Waals surface area contributed by atoms with Gasteiger partial charge >= 0.3 is 0 Å². The second kappa shape index (κ2) is 4.96. The molecule has 0 aliphatic carbocycles. The molecule has 0 unspecified atom stereocenters. The van der Waals surface area contributed by atoms with Gasteiger partial charge in [-0.05, 0) is 26.3 Å². The van der Waals surface area contributed by atoms with Gasteiger partial charge in [0.25, 0.3) is 0 Å². The van der Waals surface area contributed by atoms with E-state index in [1.54, 1.807) is 23.1 Å². The molecule has 0 amide bonds. The highest BCUT2D eigenvalue weighted by Gasteiger charge is 2.13. The molecule has 0 aromatic carbocycles. The maximum atomic E-state index is 5.81. The Hall–Kier alpha value is -0.580. The fourth-order valence-corrected chi connectivity index (χ4v) is 3.75. The van der Waals surface area contributed by atoms with Gasteiger partial charge in [-0.3, -0.25) is 0 Å². The summed E-state index contributed by atoms with van der Waals surface area (Å²) in [4.78, 5) is 11.4. The van der Waals surface area contributed by atoms with Crippen LogP contribution >= 0.6 is 34.7 Å². The van der Waals surface area contributed by atoms with E-state index in [1.807, 2.05) is 6.92 Å². The largest absolute Gasteiger partial charge is 0.226 e. The van der Waals surface area contributed by atoms with E-state index in [9.17, 15) is 0 Å². The maximum absolute atomic E-state index is 5.81. The van der Waals surface area contributed by atoms with Gasteiger partial charge in [0, 0.05) is 21.0 Å². The predicted molar refractivity (Wildman–Crippen MR) is 77.3 cm³/mol. The van der Waals surface area contributed by atoms with E-state index in [0.717, 1.165) is 15.7 Å². The normalized spacial score (nSPS) is 11.1. The number of rotatable bonds is 3. The molecule has 2 aromatic heterocycles. The zero-order chi connectivity index (χ0) is 12.6. The van der Waals surface area contributed by atoms with Crippen LogP contribution in [0.25, 0.3) is 10.2 Å². The molecule has 0 spiro atoms. The van der Waals surface area contributed by atoms with Crippen LogP contribution in [0.5, 0.6) is 0 Å². The highest BCUT2D eigenvalue weighted by Crippen LogP contribution is 2.35. The molecule has 2 rings (SSSR count). The molecule has 90 valence electrons. The molecule has 0 fully saturated rings. The predicted octanol–water partition coefficient (Wildman–Crippen LogP) is 4.46. The lowest BCUT2D eigenvalue weighted by Crippen LogP contribution is -1.92. The van der Waals surface area contributed by atoms with Crippen molar-refractivity contribution in [2.24, 2.45) is 0 Å². The summed E-state index contributed by atoms with van der Waals surface area (Å²) in [5.74, 6) is 1.49. The van der Waals surface area contributed by atoms with Gasteiger partial charge in [0.15, 0.2) is 0 Å². The van der Waals surface area contributed by atoms with E-state index < -0.39 is 0 Å². The molecular weight excluding hydrogens is 272 g/mol. The zero-order valence-corrected chi connectivity index (χ0v) is 12.4. The number of aromatic nitrogens is 2. The fraction of sp³-hybridized carbons (Fsp3) is 0.333. The van der Waals surface area contributed by atoms with Gasteiger partial charge in [0.2, 0.25) is 0 Å². The van der Waals surface area contributed by atoms with Gasteiger partial charge in [0.05, 0.1) is 0 Å². The first kappa shape index (κ1) is 12.9. The molecule has 2 aromatic rings. The minimum absolute atomic E-state index is 0.643. The Bertz CT molecular complexity index is 590. The molecule has 0 saturated carbocycles. The van der Waals surface area contributed by atoms with Crippen LogP contribution in [0.15, 0.2) is 16.6 Å². The molecule has 5 heteroatoms. The molecule has 0 bridgehead atoms. The van der Waals surface area contributed by atoms with Crippen molar-refractivity contribution in [1.29, 1.82) is 0 Å². The molecule has 2 heterocycles. The quantitative estimate of drug-likeness (QED) is 0.615. The zero-order valence-electron chi connectivity index (χ0n) is 10.0. The molecule has 0 aliphatic rings. The molecule has 17 heavy (non-hydrogen) atoms. The topological polar surface area (TPSA) is 25.8 Å². The fourth-order valence-electron chi connectivity index (χ4n) is 1.57. The van der Waals surface area contributed by atoms with Crippen molar-refractivity contribution >= 4 is 44.9 Å². The van der Waals surface area contributed by atoms with Crippen LogP contribution in [0.1, 0.15) is 16.3 Å². The Morgan fingerprint density at radius 3 is 2.71 bits per heavy atom. The van der Waals surface area contributed by atoms with Crippen LogP contribution in [0.2, 0.25) is 0 Å². The van der Waals surface area contributed by atoms with Crippen molar-refractivity contribution < 1.29 is 0 Å². The van der Waals surface area contributed by atoms with Crippen LogP contribution in [0.4, 0.5) is 0 Å². The Labute approximate surface area is 114 Å². The number of halogens is 1. The first-order valence-electron chi connectivity index (χ1n) is 5.19. The van der Waals surface area contributed by atoms with Crippen molar-refractivity contribution in [3.05, 3.63) is 27.9 Å². The van der Waals surface area contributed by atoms with E-state index in [2.05, 4.69) is 30.4 Å². The van der Waals surface area contributed by atoms with Crippen LogP contribution in [0.3, 0.4) is 0 Å². The summed E-state index contributed by atoms with van der Waals surface area (Å²) in [7, 11) is 0. The summed E-state index contributed by atoms with van der Waals surface area (Å²) in [5, 5.41) is 2.82. The number of hydrogen-bond donors (Lipinski definition) is 0. The highest BCUT2D eigenvalue weighted by molar-refractivity contribution is 7.99. The average molecular weight is 285 g/mol. The average Bonchev–Trinajstić information content (AvgIpc) is 2.51. The van der Waals surface area contributed by atoms with Gasteiger partial charge in [-0.2, -0.15) is 0 Å². The van der Waals surface area contributed by atoms with Crippen molar-refractivity contribution in [2.75, 3.05) is 5.75 Å². The summed E-state index contributed by atoms with van der Waals surface area (Å²) in [5.41, 5.74) is 1.27. The Kier molecular flexibility index (Phi) is 3.76. The van der Waals surface area contributed by atoms with Gasteiger partial charge in [0.1, 0.15) is 15.7 Å². The number of hydrogen-bond acceptors (Lipinski definition) is 4. The van der Waals surface area contributed by atoms with Gasteiger partial charge < -0.3 is 0 Å². The second-order valence-corrected chi connectivity index (χ2v) is 6.55. The lowest BCUT2D eigenvalue weighted by atomic mass is 10.2. The number of fused-ring (bicyclic) bond motifs is 1. The highest BCUT2D eigenvalue weighted by atomic mass is 35.5. The molecule has 0 N–H and O–H groups in total. The van der Waals surface area contributed by atoms with Crippen LogP contribution in [0, 0.1) is 20.8 Å². The SMILES string of the molecule is C=C(Cl)CSc1nc(C)nc2sc(C)c(C)c12. The van der Waals surface area contributed by atoms with E-state index >= 15 is 0 Å². The van der Waals surface area contributed by atoms with Gasteiger partial charge in [-0.25, -0.2) is 9.97 Å². The molecule has 0 aliphatic heterocycles. The van der Waals surface area contributed by atoms with Crippen molar-refractivity contribution in [1.82, 2.24) is 9.97 Å². The van der Waals surface area contributed by atoms with E-state index in [0.29, 0.717) is 10.8 Å². The Morgan fingerprint density at radius 2 is 2.06 bits per heavy atom. The standard InChI is InChI=1S/C12H13ClN2S2/c1-6(13)5-16-11-10-7(2)8(3)17-12(10)15-9(4)14-11/h1,5H2,2-4H3. The summed E-state index contributed by atoms with van der Waals surface area (Å²) >= 11 is 9.15. The van der Waals surface area contributed by atoms with Crippen LogP contribution < -0.4 is 0 Å². The molecule has 2 nitrogen and oxygen atoms in total. The molecule has 0 saturated heterocycles. The van der Waals surface area contributed by atoms with Crippen molar-refractivity contribution in [3.63, 3.8) is 0 Å². The summed E-state index contributed by atoms with van der Waals surface area (Å²) < 4.78 is 0. The van der Waals surface area contributed by atoms with Crippen molar-refractivity contribution in [2.45, 2.75) is 25.8 Å². The first-order valence-corrected chi connectivity index (χ1v) is 7.37. The smallest absolute Gasteiger partial charge is 0.128 e. The second-order valence-electron chi connectivity index (χ2n) is 3.85. The minimum atomic E-state index is 0.643. The monoisotopic (exact) mass is 284 g/mol. The number of nitrogens with zero attached hydrogens (tertiary/aromatic N) is 2. The van der Waals surface area contributed by atoms with E-state index in [-0.39, 0.29) is 0 Å². The number of thiophene rings is 1. The van der Waals surface area contributed by atoms with Gasteiger partial charge in [-0.15, -0.1) is 11.3 Å². The number of thioether (sulfide) groups is 1. The first-order chi connectivity index (χ1) is 7.99. The summed E-state index contributed by atoms with van der Waals surface area (Å²) in [6.07, 6.45) is 0. The van der Waals surface area contributed by atoms with Gasteiger partial charge in [-0.1, -0.05) is 29.9 Å². The Balaban J connectivity index is 2.55. The minimum Gasteiger partial charge on any atom is -0.226 e. The molecular formula is C12H13ClN2S2. The third-order valence-corrected chi connectivity index (χ3v) is 4.93. The van der Waals surface area contributed by atoms with E-state index in [1.165, 1.54) is 15.8 Å². The Morgan fingerprint density at radius 1 is 1.35 bits per heavy atom. The van der Waals surface area contributed by atoms with Crippen molar-refractivity contribution in [3.8, 4) is 0 Å². The molecule has 0 atom stereocenters. The lowest BCUT2D eigenvalue weighted by Gasteiger charge is -2.04. The third-order valence-electron chi connectivity index (χ3n) is 2.47. The van der Waals surface area contributed by atoms with E-state index in [4.69, 9.17) is 11.6 Å².